The molecule has 0 aliphatic rings. The van der Waals surface area contributed by atoms with Crippen molar-refractivity contribution < 1.29 is 0 Å². The van der Waals surface area contributed by atoms with E-state index in [1.807, 2.05) is 0 Å². The highest BCUT2D eigenvalue weighted by Crippen LogP contribution is 2.32. The van der Waals surface area contributed by atoms with Gasteiger partial charge < -0.3 is 0 Å². The second kappa shape index (κ2) is 25.2. The van der Waals surface area contributed by atoms with Gasteiger partial charge in [-0.15, -0.1) is 0 Å². The molecule has 0 rings (SSSR count). The van der Waals surface area contributed by atoms with E-state index in [9.17, 15) is 0 Å². The zero-order valence-corrected chi connectivity index (χ0v) is 23.0. The lowest BCUT2D eigenvalue weighted by Crippen LogP contribution is -2.00. The molecule has 0 amide bonds. The van der Waals surface area contributed by atoms with E-state index in [0.29, 0.717) is 6.42 Å². The average molecular weight is 496 g/mol. The molecule has 0 aromatic heterocycles. The molecular weight excluding hydrogens is 443 g/mol. The minimum absolute atomic E-state index is 0.682. The van der Waals surface area contributed by atoms with Gasteiger partial charge in [0, 0.05) is 0 Å². The van der Waals surface area contributed by atoms with Crippen LogP contribution < -0.4 is 0 Å². The van der Waals surface area contributed by atoms with Crippen LogP contribution in [0, 0.1) is 0 Å². The maximum atomic E-state index is 5.76. The largest absolute Gasteiger partial charge is 0.190 e. The van der Waals surface area contributed by atoms with Crippen molar-refractivity contribution in [2.24, 2.45) is 0 Å². The molecule has 0 fully saturated rings. The van der Waals surface area contributed by atoms with E-state index in [1.165, 1.54) is 141 Å². The summed E-state index contributed by atoms with van der Waals surface area (Å²) in [6.07, 6.45) is 37.1. The lowest BCUT2D eigenvalue weighted by molar-refractivity contribution is 0.536. The first kappa shape index (κ1) is 31.6. The van der Waals surface area contributed by atoms with Crippen LogP contribution in [-0.2, 0) is 0 Å². The Kier molecular flexibility index (Phi) is 25.7. The number of allylic oxidation sites excluding steroid dienone is 2. The van der Waals surface area contributed by atoms with Crippen molar-refractivity contribution in [1.82, 2.24) is 0 Å². The summed E-state index contributed by atoms with van der Waals surface area (Å²) in [5, 5.41) is 0. The summed E-state index contributed by atoms with van der Waals surface area (Å²) in [5.74, 6) is 0. The van der Waals surface area contributed by atoms with E-state index in [0.717, 1.165) is 6.42 Å². The van der Waals surface area contributed by atoms with Gasteiger partial charge in [0.05, 0.1) is 0 Å². The molecular formula is C28H53Cl3. The molecule has 0 radical (unpaired) electrons. The predicted molar refractivity (Wildman–Crippen MR) is 146 cm³/mol. The number of alkyl halides is 3. The van der Waals surface area contributed by atoms with Crippen LogP contribution in [0.3, 0.4) is 0 Å². The second-order valence-electron chi connectivity index (χ2n) is 9.49. The van der Waals surface area contributed by atoms with E-state index in [-0.39, 0.29) is 0 Å². The smallest absolute Gasteiger partial charge is 0.0885 e. The first-order valence-corrected chi connectivity index (χ1v) is 14.9. The summed E-state index contributed by atoms with van der Waals surface area (Å²) in [6, 6.07) is 0. The molecule has 0 nitrogen and oxygen atoms in total. The van der Waals surface area contributed by atoms with Crippen LogP contribution in [0.1, 0.15) is 161 Å². The molecule has 31 heavy (non-hydrogen) atoms. The zero-order chi connectivity index (χ0) is 22.9. The number of unbranched alkanes of at least 4 members (excludes halogenated alkanes) is 21. The van der Waals surface area contributed by atoms with Gasteiger partial charge in [-0.25, -0.2) is 0 Å². The third-order valence-electron chi connectivity index (χ3n) is 6.22. The lowest BCUT2D eigenvalue weighted by atomic mass is 10.0. The van der Waals surface area contributed by atoms with Gasteiger partial charge in [-0.05, 0) is 38.5 Å². The highest BCUT2D eigenvalue weighted by molar-refractivity contribution is 6.67. The second-order valence-corrected chi connectivity index (χ2v) is 12.0. The van der Waals surface area contributed by atoms with Gasteiger partial charge >= 0.3 is 0 Å². The minimum atomic E-state index is -1.06. The highest BCUT2D eigenvalue weighted by atomic mass is 35.6. The Labute approximate surface area is 211 Å². The Morgan fingerprint density at radius 2 is 0.710 bits per heavy atom. The molecule has 0 heterocycles. The van der Waals surface area contributed by atoms with Crippen molar-refractivity contribution in [1.29, 1.82) is 0 Å². The lowest BCUT2D eigenvalue weighted by Gasteiger charge is -2.09. The molecule has 186 valence electrons. The van der Waals surface area contributed by atoms with Crippen LogP contribution in [0.15, 0.2) is 12.2 Å². The Morgan fingerprint density at radius 3 is 1.03 bits per heavy atom. The molecule has 0 aromatic carbocycles. The monoisotopic (exact) mass is 494 g/mol. The Balaban J connectivity index is 3.10. The Hall–Kier alpha value is 0.610. The molecule has 0 spiro atoms. The van der Waals surface area contributed by atoms with E-state index >= 15 is 0 Å². The molecule has 0 bridgehead atoms. The first-order chi connectivity index (χ1) is 15.1. The number of hydrogen-bond acceptors (Lipinski definition) is 0. The molecule has 0 unspecified atom stereocenters. The van der Waals surface area contributed by atoms with Crippen LogP contribution in [0.5, 0.6) is 0 Å². The molecule has 0 N–H and O–H groups in total. The van der Waals surface area contributed by atoms with Crippen molar-refractivity contribution in [3.8, 4) is 0 Å². The van der Waals surface area contributed by atoms with Crippen LogP contribution in [0.25, 0.3) is 0 Å². The average Bonchev–Trinajstić information content (AvgIpc) is 2.73. The van der Waals surface area contributed by atoms with Gasteiger partial charge in [0.25, 0.3) is 0 Å². The van der Waals surface area contributed by atoms with Gasteiger partial charge in [-0.2, -0.15) is 0 Å². The van der Waals surface area contributed by atoms with Crippen molar-refractivity contribution >= 4 is 34.8 Å². The number of hydrogen-bond donors (Lipinski definition) is 0. The maximum absolute atomic E-state index is 5.76. The van der Waals surface area contributed by atoms with E-state index < -0.39 is 3.79 Å². The van der Waals surface area contributed by atoms with Crippen LogP contribution in [-0.4, -0.2) is 3.79 Å². The maximum Gasteiger partial charge on any atom is 0.190 e. The quantitative estimate of drug-likeness (QED) is 0.0709. The van der Waals surface area contributed by atoms with Gasteiger partial charge in [-0.3, -0.25) is 0 Å². The van der Waals surface area contributed by atoms with Crippen molar-refractivity contribution in [3.63, 3.8) is 0 Å². The number of rotatable bonds is 24. The summed E-state index contributed by atoms with van der Waals surface area (Å²) >= 11 is 17.3. The third-order valence-corrected chi connectivity index (χ3v) is 6.79. The van der Waals surface area contributed by atoms with E-state index in [2.05, 4.69) is 19.1 Å². The van der Waals surface area contributed by atoms with Gasteiger partial charge in [0.15, 0.2) is 3.79 Å². The molecule has 0 saturated carbocycles. The summed E-state index contributed by atoms with van der Waals surface area (Å²) in [7, 11) is 0. The van der Waals surface area contributed by atoms with Crippen LogP contribution >= 0.6 is 34.8 Å². The fourth-order valence-electron chi connectivity index (χ4n) is 4.16. The van der Waals surface area contributed by atoms with E-state index in [4.69, 9.17) is 34.8 Å². The molecule has 0 saturated heterocycles. The molecule has 0 aliphatic carbocycles. The fourth-order valence-corrected chi connectivity index (χ4v) is 4.56. The normalized spacial score (nSPS) is 12.3. The molecule has 3 heteroatoms. The number of halogens is 3. The van der Waals surface area contributed by atoms with Crippen LogP contribution in [0.4, 0.5) is 0 Å². The predicted octanol–water partition coefficient (Wildman–Crippen LogP) is 12.3. The first-order valence-electron chi connectivity index (χ1n) is 13.8. The standard InChI is InChI=1S/C28H53Cl3/c1-2-3-4-5-6-7-8-9-10-11-12-13-14-15-16-17-18-19-20-21-22-23-24-25-26-27-28(29,30)31/h17-18H,2-16,19-27H2,1H3. The van der Waals surface area contributed by atoms with Crippen molar-refractivity contribution in [2.75, 3.05) is 0 Å². The topological polar surface area (TPSA) is 0 Å². The third kappa shape index (κ3) is 30.6. The van der Waals surface area contributed by atoms with E-state index in [1.54, 1.807) is 0 Å². The summed E-state index contributed by atoms with van der Waals surface area (Å²) in [5.41, 5.74) is 0. The molecule has 0 aromatic rings. The summed E-state index contributed by atoms with van der Waals surface area (Å²) in [6.45, 7) is 2.29. The highest BCUT2D eigenvalue weighted by Gasteiger charge is 2.17. The zero-order valence-electron chi connectivity index (χ0n) is 20.8. The van der Waals surface area contributed by atoms with Crippen molar-refractivity contribution in [3.05, 3.63) is 12.2 Å². The van der Waals surface area contributed by atoms with Gasteiger partial charge in [0.2, 0.25) is 0 Å². The van der Waals surface area contributed by atoms with Crippen molar-refractivity contribution in [2.45, 2.75) is 165 Å². The SMILES string of the molecule is CCCCCCCCCCCCCCCCC=CCCCCCCCCCC(Cl)(Cl)Cl. The Bertz CT molecular complexity index is 360. The minimum Gasteiger partial charge on any atom is -0.0885 e. The Morgan fingerprint density at radius 1 is 0.419 bits per heavy atom. The fraction of sp³-hybridized carbons (Fsp3) is 0.929. The molecule has 0 aliphatic heterocycles. The van der Waals surface area contributed by atoms with Crippen LogP contribution in [0.2, 0.25) is 0 Å². The van der Waals surface area contributed by atoms with Gasteiger partial charge in [-0.1, -0.05) is 169 Å². The molecule has 0 atom stereocenters. The summed E-state index contributed by atoms with van der Waals surface area (Å²) in [4.78, 5) is 0. The summed E-state index contributed by atoms with van der Waals surface area (Å²) < 4.78 is -1.06. The van der Waals surface area contributed by atoms with Gasteiger partial charge in [0.1, 0.15) is 0 Å².